The Morgan fingerprint density at radius 1 is 1.33 bits per heavy atom. The van der Waals surface area contributed by atoms with E-state index in [2.05, 4.69) is 29.1 Å². The van der Waals surface area contributed by atoms with E-state index in [0.29, 0.717) is 5.95 Å². The number of hydrogen-bond acceptors (Lipinski definition) is 4. The fraction of sp³-hybridized carbons (Fsp3) is 0.636. The van der Waals surface area contributed by atoms with Crippen molar-refractivity contribution in [2.75, 3.05) is 18.5 Å². The Balaban J connectivity index is 2.46. The number of aryl methyl sites for hydroxylation is 1. The van der Waals surface area contributed by atoms with Crippen molar-refractivity contribution in [3.8, 4) is 0 Å². The van der Waals surface area contributed by atoms with E-state index >= 15 is 0 Å². The molecule has 4 nitrogen and oxygen atoms in total. The minimum atomic E-state index is 0.0585. The Morgan fingerprint density at radius 3 is 2.47 bits per heavy atom. The van der Waals surface area contributed by atoms with E-state index in [4.69, 9.17) is 5.11 Å². The van der Waals surface area contributed by atoms with E-state index in [9.17, 15) is 0 Å². The summed E-state index contributed by atoms with van der Waals surface area (Å²) in [5, 5.41) is 12.0. The lowest BCUT2D eigenvalue weighted by Crippen LogP contribution is -2.25. The van der Waals surface area contributed by atoms with E-state index in [0.717, 1.165) is 18.5 Å². The van der Waals surface area contributed by atoms with Crippen LogP contribution in [0.1, 0.15) is 25.8 Å². The second kappa shape index (κ2) is 5.07. The standard InChI is InChI=1S/C11H19N3O/c1-9-6-12-10(13-7-9)14-8-11(2,3)4-5-15/h6-7,15H,4-5,8H2,1-3H3,(H,12,13,14). The molecule has 0 unspecified atom stereocenters. The van der Waals surface area contributed by atoms with Crippen molar-refractivity contribution in [2.24, 2.45) is 5.41 Å². The molecule has 0 fully saturated rings. The van der Waals surface area contributed by atoms with Crippen molar-refractivity contribution in [1.29, 1.82) is 0 Å². The van der Waals surface area contributed by atoms with Crippen LogP contribution in [0.25, 0.3) is 0 Å². The number of nitrogens with zero attached hydrogens (tertiary/aromatic N) is 2. The molecule has 1 aromatic heterocycles. The molecule has 0 amide bonds. The predicted molar refractivity (Wildman–Crippen MR) is 60.7 cm³/mol. The molecule has 1 aromatic rings. The highest BCUT2D eigenvalue weighted by molar-refractivity contribution is 5.24. The molecular weight excluding hydrogens is 190 g/mol. The van der Waals surface area contributed by atoms with E-state index in [1.807, 2.05) is 6.92 Å². The zero-order valence-electron chi connectivity index (χ0n) is 9.62. The van der Waals surface area contributed by atoms with Gasteiger partial charge in [0, 0.05) is 25.5 Å². The number of aliphatic hydroxyl groups excluding tert-OH is 1. The molecule has 4 heteroatoms. The van der Waals surface area contributed by atoms with Gasteiger partial charge in [-0.2, -0.15) is 0 Å². The number of anilines is 1. The van der Waals surface area contributed by atoms with Crippen molar-refractivity contribution in [3.05, 3.63) is 18.0 Å². The highest BCUT2D eigenvalue weighted by atomic mass is 16.3. The van der Waals surface area contributed by atoms with Gasteiger partial charge in [-0.1, -0.05) is 13.8 Å². The molecule has 0 aliphatic carbocycles. The van der Waals surface area contributed by atoms with E-state index in [1.165, 1.54) is 0 Å². The van der Waals surface area contributed by atoms with Crippen LogP contribution >= 0.6 is 0 Å². The van der Waals surface area contributed by atoms with Gasteiger partial charge < -0.3 is 10.4 Å². The average molecular weight is 209 g/mol. The first-order valence-electron chi connectivity index (χ1n) is 5.17. The molecule has 0 saturated carbocycles. The van der Waals surface area contributed by atoms with Gasteiger partial charge in [0.1, 0.15) is 0 Å². The number of hydrogen-bond donors (Lipinski definition) is 2. The molecule has 84 valence electrons. The summed E-state index contributed by atoms with van der Waals surface area (Å²) in [6.07, 6.45) is 4.34. The van der Waals surface area contributed by atoms with Gasteiger partial charge in [0.15, 0.2) is 0 Å². The predicted octanol–water partition coefficient (Wildman–Crippen LogP) is 1.61. The number of aromatic nitrogens is 2. The number of rotatable bonds is 5. The van der Waals surface area contributed by atoms with Gasteiger partial charge in [-0.15, -0.1) is 0 Å². The second-order valence-electron chi connectivity index (χ2n) is 4.58. The van der Waals surface area contributed by atoms with Crippen LogP contribution in [0.3, 0.4) is 0 Å². The molecular formula is C11H19N3O. The highest BCUT2D eigenvalue weighted by Gasteiger charge is 2.16. The quantitative estimate of drug-likeness (QED) is 0.773. The van der Waals surface area contributed by atoms with Crippen molar-refractivity contribution in [3.63, 3.8) is 0 Å². The number of aliphatic hydroxyl groups is 1. The first-order chi connectivity index (χ1) is 7.03. The van der Waals surface area contributed by atoms with Gasteiger partial charge in [-0.3, -0.25) is 0 Å². The Morgan fingerprint density at radius 2 is 1.93 bits per heavy atom. The largest absolute Gasteiger partial charge is 0.396 e. The van der Waals surface area contributed by atoms with Gasteiger partial charge in [0.25, 0.3) is 0 Å². The van der Waals surface area contributed by atoms with Crippen LogP contribution in [0.15, 0.2) is 12.4 Å². The van der Waals surface area contributed by atoms with Crippen molar-refractivity contribution >= 4 is 5.95 Å². The second-order valence-corrected chi connectivity index (χ2v) is 4.58. The summed E-state index contributed by atoms with van der Waals surface area (Å²) in [6, 6.07) is 0. The molecule has 1 rings (SSSR count). The van der Waals surface area contributed by atoms with Crippen LogP contribution in [0.4, 0.5) is 5.95 Å². The Kier molecular flexibility index (Phi) is 4.03. The Labute approximate surface area is 90.8 Å². The summed E-state index contributed by atoms with van der Waals surface area (Å²) in [4.78, 5) is 8.31. The van der Waals surface area contributed by atoms with Gasteiger partial charge in [-0.25, -0.2) is 9.97 Å². The third-order valence-electron chi connectivity index (χ3n) is 2.29. The molecule has 15 heavy (non-hydrogen) atoms. The molecule has 0 aliphatic rings. The Hall–Kier alpha value is -1.16. The van der Waals surface area contributed by atoms with Crippen LogP contribution < -0.4 is 5.32 Å². The zero-order valence-corrected chi connectivity index (χ0v) is 9.62. The van der Waals surface area contributed by atoms with Crippen molar-refractivity contribution in [2.45, 2.75) is 27.2 Å². The molecule has 0 spiro atoms. The van der Waals surface area contributed by atoms with Crippen LogP contribution in [-0.2, 0) is 0 Å². The van der Waals surface area contributed by atoms with E-state index < -0.39 is 0 Å². The maximum absolute atomic E-state index is 8.88. The highest BCUT2D eigenvalue weighted by Crippen LogP contribution is 2.19. The molecule has 0 radical (unpaired) electrons. The summed E-state index contributed by atoms with van der Waals surface area (Å²) in [5.74, 6) is 0.645. The van der Waals surface area contributed by atoms with Gasteiger partial charge >= 0.3 is 0 Å². The summed E-state index contributed by atoms with van der Waals surface area (Å²) in [6.45, 7) is 7.13. The minimum Gasteiger partial charge on any atom is -0.396 e. The summed E-state index contributed by atoms with van der Waals surface area (Å²) in [5.41, 5.74) is 1.11. The van der Waals surface area contributed by atoms with E-state index in [-0.39, 0.29) is 12.0 Å². The maximum Gasteiger partial charge on any atom is 0.222 e. The average Bonchev–Trinajstić information content (AvgIpc) is 2.17. The summed E-state index contributed by atoms with van der Waals surface area (Å²) >= 11 is 0. The summed E-state index contributed by atoms with van der Waals surface area (Å²) in [7, 11) is 0. The molecule has 0 saturated heterocycles. The smallest absolute Gasteiger partial charge is 0.222 e. The topological polar surface area (TPSA) is 58.0 Å². The normalized spacial score (nSPS) is 11.5. The molecule has 2 N–H and O–H groups in total. The molecule has 0 aromatic carbocycles. The van der Waals surface area contributed by atoms with Crippen LogP contribution in [0.5, 0.6) is 0 Å². The van der Waals surface area contributed by atoms with Gasteiger partial charge in [0.05, 0.1) is 0 Å². The third kappa shape index (κ3) is 4.25. The van der Waals surface area contributed by atoms with Gasteiger partial charge in [0.2, 0.25) is 5.95 Å². The summed E-state index contributed by atoms with van der Waals surface area (Å²) < 4.78 is 0. The Bertz CT molecular complexity index is 295. The molecule has 1 heterocycles. The minimum absolute atomic E-state index is 0.0585. The van der Waals surface area contributed by atoms with Crippen LogP contribution in [0.2, 0.25) is 0 Å². The monoisotopic (exact) mass is 209 g/mol. The lowest BCUT2D eigenvalue weighted by Gasteiger charge is -2.23. The van der Waals surface area contributed by atoms with Crippen LogP contribution in [0, 0.1) is 12.3 Å². The number of nitrogens with one attached hydrogen (secondary N) is 1. The lowest BCUT2D eigenvalue weighted by atomic mass is 9.90. The maximum atomic E-state index is 8.88. The van der Waals surface area contributed by atoms with Crippen LogP contribution in [-0.4, -0.2) is 28.2 Å². The third-order valence-corrected chi connectivity index (χ3v) is 2.29. The van der Waals surface area contributed by atoms with Crippen molar-refractivity contribution < 1.29 is 5.11 Å². The fourth-order valence-corrected chi connectivity index (χ4v) is 1.19. The molecule has 0 atom stereocenters. The first kappa shape index (κ1) is 11.9. The lowest BCUT2D eigenvalue weighted by molar-refractivity contribution is 0.220. The van der Waals surface area contributed by atoms with E-state index in [1.54, 1.807) is 12.4 Å². The SMILES string of the molecule is Cc1cnc(NCC(C)(C)CCO)nc1. The zero-order chi connectivity index (χ0) is 11.3. The van der Waals surface area contributed by atoms with Gasteiger partial charge in [-0.05, 0) is 24.3 Å². The fourth-order valence-electron chi connectivity index (χ4n) is 1.19. The molecule has 0 aliphatic heterocycles. The molecule has 0 bridgehead atoms. The first-order valence-corrected chi connectivity index (χ1v) is 5.17. The van der Waals surface area contributed by atoms with Crippen molar-refractivity contribution in [1.82, 2.24) is 9.97 Å².